The molecule has 0 aromatic heterocycles. The van der Waals surface area contributed by atoms with E-state index >= 15 is 0 Å². The standard InChI is InChI=1S/C11H10Cl3N3O2/c12-11(13,14)10(19)6-8(16-17(10)9(15)18)7-4-2-1-3-5-7/h1-5,19H,6H2,(H2,15,18). The van der Waals surface area contributed by atoms with Crippen LogP contribution in [-0.2, 0) is 0 Å². The molecule has 0 aliphatic carbocycles. The summed E-state index contributed by atoms with van der Waals surface area (Å²) in [5.41, 5.74) is 4.17. The first-order chi connectivity index (χ1) is 8.75. The molecule has 19 heavy (non-hydrogen) atoms. The van der Waals surface area contributed by atoms with Gasteiger partial charge in [0.25, 0.3) is 0 Å². The molecule has 0 spiro atoms. The fourth-order valence-corrected chi connectivity index (χ4v) is 2.23. The number of hydrogen-bond donors (Lipinski definition) is 2. The number of nitrogens with two attached hydrogens (primary N) is 1. The Hall–Kier alpha value is -1.01. The highest BCUT2D eigenvalue weighted by molar-refractivity contribution is 6.68. The molecule has 0 radical (unpaired) electrons. The van der Waals surface area contributed by atoms with Crippen molar-refractivity contribution in [1.29, 1.82) is 0 Å². The molecule has 0 bridgehead atoms. The van der Waals surface area contributed by atoms with Crippen molar-refractivity contribution in [3.8, 4) is 0 Å². The van der Waals surface area contributed by atoms with Crippen LogP contribution in [0.5, 0.6) is 0 Å². The van der Waals surface area contributed by atoms with E-state index in [9.17, 15) is 9.90 Å². The number of urea groups is 1. The number of nitrogens with zero attached hydrogens (tertiary/aromatic N) is 2. The lowest BCUT2D eigenvalue weighted by molar-refractivity contribution is -0.0582. The molecule has 3 N–H and O–H groups in total. The molecule has 0 fully saturated rings. The Morgan fingerprint density at radius 3 is 2.37 bits per heavy atom. The van der Waals surface area contributed by atoms with E-state index in [1.165, 1.54) is 0 Å². The first-order valence-electron chi connectivity index (χ1n) is 5.27. The molecule has 1 aromatic rings. The smallest absolute Gasteiger partial charge is 0.338 e. The van der Waals surface area contributed by atoms with Crippen LogP contribution in [0.3, 0.4) is 0 Å². The van der Waals surface area contributed by atoms with Gasteiger partial charge in [0.1, 0.15) is 0 Å². The number of amides is 2. The number of primary amides is 1. The summed E-state index contributed by atoms with van der Waals surface area (Å²) in [4.78, 5) is 11.3. The van der Waals surface area contributed by atoms with Crippen LogP contribution in [0, 0.1) is 0 Å². The molecule has 1 atom stereocenters. The van der Waals surface area contributed by atoms with Crippen molar-refractivity contribution in [3.05, 3.63) is 35.9 Å². The number of hydrazone groups is 1. The lowest BCUT2D eigenvalue weighted by atomic mass is 10.0. The summed E-state index contributed by atoms with van der Waals surface area (Å²) in [5.74, 6) is 0. The Balaban J connectivity index is 2.42. The lowest BCUT2D eigenvalue weighted by Gasteiger charge is -2.35. The minimum absolute atomic E-state index is 0.129. The van der Waals surface area contributed by atoms with Crippen LogP contribution < -0.4 is 5.73 Å². The molecule has 1 unspecified atom stereocenters. The molecule has 0 saturated carbocycles. The third-order valence-corrected chi connectivity index (χ3v) is 3.66. The van der Waals surface area contributed by atoms with Gasteiger partial charge in [0.2, 0.25) is 9.52 Å². The van der Waals surface area contributed by atoms with Crippen molar-refractivity contribution in [3.63, 3.8) is 0 Å². The SMILES string of the molecule is NC(=O)N1N=C(c2ccccc2)CC1(O)C(Cl)(Cl)Cl. The first-order valence-corrected chi connectivity index (χ1v) is 6.41. The van der Waals surface area contributed by atoms with Gasteiger partial charge in [0, 0.05) is 6.42 Å². The number of alkyl halides is 3. The number of benzene rings is 1. The van der Waals surface area contributed by atoms with Crippen molar-refractivity contribution < 1.29 is 9.90 Å². The predicted molar refractivity (Wildman–Crippen MR) is 74.3 cm³/mol. The van der Waals surface area contributed by atoms with E-state index in [-0.39, 0.29) is 6.42 Å². The van der Waals surface area contributed by atoms with Crippen LogP contribution in [0.4, 0.5) is 4.79 Å². The fraction of sp³-hybridized carbons (Fsp3) is 0.273. The molecule has 1 aliphatic heterocycles. The average Bonchev–Trinajstić information content (AvgIpc) is 2.69. The van der Waals surface area contributed by atoms with Gasteiger partial charge in [-0.15, -0.1) is 0 Å². The van der Waals surface area contributed by atoms with Crippen LogP contribution in [0.2, 0.25) is 0 Å². The Labute approximate surface area is 124 Å². The van der Waals surface area contributed by atoms with Crippen LogP contribution in [0.15, 0.2) is 35.4 Å². The molecular weight excluding hydrogens is 312 g/mol. The van der Waals surface area contributed by atoms with E-state index in [1.54, 1.807) is 24.3 Å². The second kappa shape index (κ2) is 4.83. The third kappa shape index (κ3) is 2.51. The fourth-order valence-electron chi connectivity index (χ4n) is 1.79. The van der Waals surface area contributed by atoms with Gasteiger partial charge in [-0.25, -0.2) is 4.79 Å². The van der Waals surface area contributed by atoms with Gasteiger partial charge in [-0.1, -0.05) is 65.1 Å². The van der Waals surface area contributed by atoms with Gasteiger partial charge in [-0.3, -0.25) is 0 Å². The molecule has 2 amide bonds. The zero-order valence-electron chi connectivity index (χ0n) is 9.55. The highest BCUT2D eigenvalue weighted by Crippen LogP contribution is 2.46. The number of aliphatic hydroxyl groups is 1. The van der Waals surface area contributed by atoms with Crippen LogP contribution in [-0.4, -0.2) is 31.4 Å². The first kappa shape index (κ1) is 14.4. The molecule has 8 heteroatoms. The predicted octanol–water partition coefficient (Wildman–Crippen LogP) is 2.23. The van der Waals surface area contributed by atoms with Gasteiger partial charge >= 0.3 is 6.03 Å². The summed E-state index contributed by atoms with van der Waals surface area (Å²) in [6.45, 7) is 0. The Kier molecular flexibility index (Phi) is 3.66. The van der Waals surface area contributed by atoms with E-state index in [1.807, 2.05) is 6.07 Å². The highest BCUT2D eigenvalue weighted by Gasteiger charge is 2.57. The summed E-state index contributed by atoms with van der Waals surface area (Å²) in [7, 11) is 0. The third-order valence-electron chi connectivity index (χ3n) is 2.75. The summed E-state index contributed by atoms with van der Waals surface area (Å²) in [5, 5.41) is 15.0. The van der Waals surface area contributed by atoms with Crippen LogP contribution >= 0.6 is 34.8 Å². The largest absolute Gasteiger partial charge is 0.365 e. The monoisotopic (exact) mass is 321 g/mol. The van der Waals surface area contributed by atoms with Gasteiger partial charge in [-0.05, 0) is 5.56 Å². The van der Waals surface area contributed by atoms with Crippen molar-refractivity contribution in [1.82, 2.24) is 5.01 Å². The van der Waals surface area contributed by atoms with Gasteiger partial charge < -0.3 is 10.8 Å². The van der Waals surface area contributed by atoms with Crippen molar-refractivity contribution in [2.75, 3.05) is 0 Å². The zero-order valence-corrected chi connectivity index (χ0v) is 11.8. The number of carbonyl (C=O) groups excluding carboxylic acids is 1. The quantitative estimate of drug-likeness (QED) is 0.778. The van der Waals surface area contributed by atoms with E-state index in [2.05, 4.69) is 5.10 Å². The highest BCUT2D eigenvalue weighted by atomic mass is 35.6. The minimum atomic E-state index is -2.14. The molecule has 2 rings (SSSR count). The second-order valence-electron chi connectivity index (χ2n) is 4.05. The number of hydrogen-bond acceptors (Lipinski definition) is 3. The normalized spacial score (nSPS) is 23.4. The average molecular weight is 323 g/mol. The molecule has 102 valence electrons. The van der Waals surface area contributed by atoms with Gasteiger partial charge in [0.15, 0.2) is 0 Å². The maximum absolute atomic E-state index is 11.3. The van der Waals surface area contributed by atoms with Gasteiger partial charge in [0.05, 0.1) is 5.71 Å². The Morgan fingerprint density at radius 2 is 1.95 bits per heavy atom. The molecule has 1 heterocycles. The molecule has 5 nitrogen and oxygen atoms in total. The summed E-state index contributed by atoms with van der Waals surface area (Å²) in [6, 6.07) is 7.94. The van der Waals surface area contributed by atoms with E-state index < -0.39 is 15.5 Å². The molecule has 0 saturated heterocycles. The molecular formula is C11H10Cl3N3O2. The Bertz CT molecular complexity index is 530. The van der Waals surface area contributed by atoms with E-state index in [0.29, 0.717) is 16.3 Å². The number of carbonyl (C=O) groups is 1. The van der Waals surface area contributed by atoms with Crippen molar-refractivity contribution in [2.24, 2.45) is 10.8 Å². The second-order valence-corrected chi connectivity index (χ2v) is 6.34. The van der Waals surface area contributed by atoms with E-state index in [0.717, 1.165) is 0 Å². The topological polar surface area (TPSA) is 78.9 Å². The summed E-state index contributed by atoms with van der Waals surface area (Å²) in [6.07, 6.45) is -0.129. The van der Waals surface area contributed by atoms with Crippen LogP contribution in [0.25, 0.3) is 0 Å². The van der Waals surface area contributed by atoms with Crippen LogP contribution in [0.1, 0.15) is 12.0 Å². The number of halogens is 3. The van der Waals surface area contributed by atoms with Crippen molar-refractivity contribution in [2.45, 2.75) is 15.9 Å². The molecule has 1 aliphatic rings. The number of rotatable bonds is 1. The summed E-state index contributed by atoms with van der Waals surface area (Å²) >= 11 is 17.2. The van der Waals surface area contributed by atoms with Crippen molar-refractivity contribution >= 4 is 46.5 Å². The Morgan fingerprint density at radius 1 is 1.37 bits per heavy atom. The lowest BCUT2D eigenvalue weighted by Crippen LogP contribution is -2.56. The minimum Gasteiger partial charge on any atom is -0.365 e. The molecule has 1 aromatic carbocycles. The van der Waals surface area contributed by atoms with Gasteiger partial charge in [-0.2, -0.15) is 10.1 Å². The summed E-state index contributed by atoms with van der Waals surface area (Å²) < 4.78 is -2.14. The van der Waals surface area contributed by atoms with E-state index in [4.69, 9.17) is 40.5 Å². The maximum Gasteiger partial charge on any atom is 0.338 e. The maximum atomic E-state index is 11.3. The zero-order chi connectivity index (χ0) is 14.3.